The summed E-state index contributed by atoms with van der Waals surface area (Å²) in [6.07, 6.45) is -0.161. The summed E-state index contributed by atoms with van der Waals surface area (Å²) in [5.41, 5.74) is 0.324. The van der Waals surface area contributed by atoms with Gasteiger partial charge in [-0.3, -0.25) is 14.5 Å². The fraction of sp³-hybridized carbons (Fsp3) is 0.429. The maximum atomic E-state index is 13.0. The zero-order chi connectivity index (χ0) is 15.2. The largest absolute Gasteiger partial charge is 0.480 e. The molecule has 1 heterocycles. The zero-order valence-electron chi connectivity index (χ0n) is 11.5. The molecular formula is C14H18FN3O3. The van der Waals surface area contributed by atoms with E-state index < -0.39 is 23.7 Å². The number of benzene rings is 1. The smallest absolute Gasteiger partial charge is 0.321 e. The van der Waals surface area contributed by atoms with E-state index in [-0.39, 0.29) is 6.42 Å². The number of halogens is 1. The van der Waals surface area contributed by atoms with Crippen LogP contribution in [0.3, 0.4) is 0 Å². The molecule has 21 heavy (non-hydrogen) atoms. The minimum Gasteiger partial charge on any atom is -0.480 e. The Morgan fingerprint density at radius 1 is 1.38 bits per heavy atom. The van der Waals surface area contributed by atoms with E-state index in [2.05, 4.69) is 10.6 Å². The highest BCUT2D eigenvalue weighted by Crippen LogP contribution is 2.12. The molecule has 1 aromatic carbocycles. The van der Waals surface area contributed by atoms with Crippen LogP contribution in [0.5, 0.6) is 0 Å². The molecule has 7 heteroatoms. The van der Waals surface area contributed by atoms with E-state index in [9.17, 15) is 19.1 Å². The Bertz CT molecular complexity index is 518. The number of carbonyl (C=O) groups excluding carboxylic acids is 1. The lowest BCUT2D eigenvalue weighted by Gasteiger charge is -2.32. The van der Waals surface area contributed by atoms with Gasteiger partial charge in [-0.2, -0.15) is 0 Å². The van der Waals surface area contributed by atoms with Gasteiger partial charge in [-0.15, -0.1) is 0 Å². The predicted molar refractivity (Wildman–Crippen MR) is 75.5 cm³/mol. The number of amides is 1. The maximum Gasteiger partial charge on any atom is 0.321 e. The molecule has 1 fully saturated rings. The van der Waals surface area contributed by atoms with E-state index in [1.54, 1.807) is 11.0 Å². The Kier molecular flexibility index (Phi) is 5.24. The molecule has 2 rings (SSSR count). The number of piperazine rings is 1. The van der Waals surface area contributed by atoms with Crippen LogP contribution in [-0.4, -0.2) is 54.1 Å². The Balaban J connectivity index is 1.96. The van der Waals surface area contributed by atoms with Crippen molar-refractivity contribution in [2.24, 2.45) is 0 Å². The van der Waals surface area contributed by atoms with Gasteiger partial charge in [0.2, 0.25) is 5.91 Å². The number of carbonyl (C=O) groups is 2. The number of nitrogens with one attached hydrogen (secondary N) is 2. The van der Waals surface area contributed by atoms with Gasteiger partial charge in [-0.1, -0.05) is 6.07 Å². The zero-order valence-corrected chi connectivity index (χ0v) is 11.5. The summed E-state index contributed by atoms with van der Waals surface area (Å²) in [6, 6.07) is 4.65. The van der Waals surface area contributed by atoms with Crippen molar-refractivity contribution in [3.8, 4) is 0 Å². The second-order valence-corrected chi connectivity index (χ2v) is 4.90. The van der Waals surface area contributed by atoms with E-state index in [1.165, 1.54) is 18.2 Å². The highest BCUT2D eigenvalue weighted by Gasteiger charge is 2.29. The molecule has 0 bridgehead atoms. The van der Waals surface area contributed by atoms with Gasteiger partial charge in [0.25, 0.3) is 0 Å². The fourth-order valence-corrected chi connectivity index (χ4v) is 2.32. The molecule has 6 nitrogen and oxygen atoms in total. The summed E-state index contributed by atoms with van der Waals surface area (Å²) in [7, 11) is 0. The van der Waals surface area contributed by atoms with Gasteiger partial charge in [0.1, 0.15) is 11.9 Å². The van der Waals surface area contributed by atoms with Crippen molar-refractivity contribution in [2.45, 2.75) is 12.5 Å². The van der Waals surface area contributed by atoms with Crippen LogP contribution in [0.25, 0.3) is 0 Å². The SMILES string of the molecule is O=C(CC(C(=O)O)N1CCNCC1)Nc1cccc(F)c1. The van der Waals surface area contributed by atoms with Crippen molar-refractivity contribution >= 4 is 17.6 Å². The average molecular weight is 295 g/mol. The van der Waals surface area contributed by atoms with Crippen molar-refractivity contribution in [3.63, 3.8) is 0 Å². The summed E-state index contributed by atoms with van der Waals surface area (Å²) in [6.45, 7) is 2.58. The molecule has 0 aliphatic carbocycles. The first-order valence-corrected chi connectivity index (χ1v) is 6.79. The quantitative estimate of drug-likeness (QED) is 0.737. The Hall–Kier alpha value is -1.99. The van der Waals surface area contributed by atoms with Crippen LogP contribution in [0.2, 0.25) is 0 Å². The molecule has 114 valence electrons. The second kappa shape index (κ2) is 7.14. The van der Waals surface area contributed by atoms with Crippen LogP contribution in [0.4, 0.5) is 10.1 Å². The van der Waals surface area contributed by atoms with Gasteiger partial charge in [-0.05, 0) is 18.2 Å². The van der Waals surface area contributed by atoms with E-state index in [4.69, 9.17) is 0 Å². The third-order valence-electron chi connectivity index (χ3n) is 3.36. The molecule has 0 spiro atoms. The number of anilines is 1. The lowest BCUT2D eigenvalue weighted by Crippen LogP contribution is -2.52. The van der Waals surface area contributed by atoms with Crippen LogP contribution in [-0.2, 0) is 9.59 Å². The first-order chi connectivity index (χ1) is 10.1. The molecule has 1 atom stereocenters. The summed E-state index contributed by atoms with van der Waals surface area (Å²) in [4.78, 5) is 25.0. The molecule has 0 radical (unpaired) electrons. The molecule has 1 amide bonds. The van der Waals surface area contributed by atoms with Crippen molar-refractivity contribution in [2.75, 3.05) is 31.5 Å². The van der Waals surface area contributed by atoms with E-state index in [0.717, 1.165) is 0 Å². The van der Waals surface area contributed by atoms with Gasteiger partial charge in [-0.25, -0.2) is 4.39 Å². The molecule has 1 unspecified atom stereocenters. The fourth-order valence-electron chi connectivity index (χ4n) is 2.32. The molecule has 0 saturated carbocycles. The average Bonchev–Trinajstić information content (AvgIpc) is 2.45. The normalized spacial score (nSPS) is 17.2. The van der Waals surface area contributed by atoms with Gasteiger partial charge in [0.15, 0.2) is 0 Å². The topological polar surface area (TPSA) is 81.7 Å². The van der Waals surface area contributed by atoms with Crippen LogP contribution >= 0.6 is 0 Å². The van der Waals surface area contributed by atoms with Gasteiger partial charge in [0.05, 0.1) is 6.42 Å². The maximum absolute atomic E-state index is 13.0. The molecule has 1 aromatic rings. The number of hydrogen-bond acceptors (Lipinski definition) is 4. The van der Waals surface area contributed by atoms with Gasteiger partial charge < -0.3 is 15.7 Å². The second-order valence-electron chi connectivity index (χ2n) is 4.90. The van der Waals surface area contributed by atoms with E-state index in [1.807, 2.05) is 0 Å². The van der Waals surface area contributed by atoms with Crippen LogP contribution in [0.1, 0.15) is 6.42 Å². The summed E-state index contributed by atoms with van der Waals surface area (Å²) >= 11 is 0. The summed E-state index contributed by atoms with van der Waals surface area (Å²) in [5.74, 6) is -1.91. The Morgan fingerprint density at radius 2 is 2.10 bits per heavy atom. The number of carboxylic acid groups (broad SMARTS) is 1. The van der Waals surface area contributed by atoms with Gasteiger partial charge in [0, 0.05) is 31.9 Å². The van der Waals surface area contributed by atoms with Crippen LogP contribution in [0.15, 0.2) is 24.3 Å². The molecular weight excluding hydrogens is 277 g/mol. The number of nitrogens with zero attached hydrogens (tertiary/aromatic N) is 1. The third-order valence-corrected chi connectivity index (χ3v) is 3.36. The Morgan fingerprint density at radius 3 is 2.71 bits per heavy atom. The standard InChI is InChI=1S/C14H18FN3O3/c15-10-2-1-3-11(8-10)17-13(19)9-12(14(20)21)18-6-4-16-5-7-18/h1-3,8,12,16H,4-7,9H2,(H,17,19)(H,20,21). The molecule has 3 N–H and O–H groups in total. The number of carboxylic acids is 1. The first-order valence-electron chi connectivity index (χ1n) is 6.79. The molecule has 1 saturated heterocycles. The Labute approximate surface area is 121 Å². The minimum atomic E-state index is -1.02. The monoisotopic (exact) mass is 295 g/mol. The highest BCUT2D eigenvalue weighted by molar-refractivity contribution is 5.94. The lowest BCUT2D eigenvalue weighted by molar-refractivity contribution is -0.145. The third kappa shape index (κ3) is 4.51. The molecule has 1 aliphatic rings. The van der Waals surface area contributed by atoms with Gasteiger partial charge >= 0.3 is 5.97 Å². The first kappa shape index (κ1) is 15.4. The van der Waals surface area contributed by atoms with Crippen LogP contribution in [0, 0.1) is 5.82 Å². The summed E-state index contributed by atoms with van der Waals surface area (Å²) < 4.78 is 13.0. The van der Waals surface area contributed by atoms with Crippen molar-refractivity contribution in [1.82, 2.24) is 10.2 Å². The van der Waals surface area contributed by atoms with Crippen molar-refractivity contribution < 1.29 is 19.1 Å². The van der Waals surface area contributed by atoms with Crippen molar-refractivity contribution in [1.29, 1.82) is 0 Å². The predicted octanol–water partition coefficient (Wildman–Crippen LogP) is 0.513. The highest BCUT2D eigenvalue weighted by atomic mass is 19.1. The number of aliphatic carboxylic acids is 1. The van der Waals surface area contributed by atoms with E-state index in [0.29, 0.717) is 31.9 Å². The minimum absolute atomic E-state index is 0.161. The summed E-state index contributed by atoms with van der Waals surface area (Å²) in [5, 5.41) is 14.9. The molecule has 1 aliphatic heterocycles. The number of hydrogen-bond donors (Lipinski definition) is 3. The van der Waals surface area contributed by atoms with Crippen LogP contribution < -0.4 is 10.6 Å². The number of rotatable bonds is 5. The van der Waals surface area contributed by atoms with Crippen molar-refractivity contribution in [3.05, 3.63) is 30.1 Å². The lowest BCUT2D eigenvalue weighted by atomic mass is 10.1. The molecule has 0 aromatic heterocycles. The van der Waals surface area contributed by atoms with E-state index >= 15 is 0 Å².